The third kappa shape index (κ3) is 0.916. The molecule has 0 aliphatic carbocycles. The molecule has 0 bridgehead atoms. The van der Waals surface area contributed by atoms with Crippen molar-refractivity contribution in [3.8, 4) is 5.75 Å². The molecular weight excluding hydrogens is 150 g/mol. The van der Waals surface area contributed by atoms with Crippen molar-refractivity contribution in [2.75, 3.05) is 6.61 Å². The Labute approximate surface area is 72.3 Å². The molecule has 0 amide bonds. The zero-order chi connectivity index (χ0) is 8.72. The molecule has 2 rings (SSSR count). The van der Waals surface area contributed by atoms with E-state index in [1.165, 1.54) is 16.7 Å². The molecular formula is C10H13NO. The average molecular weight is 163 g/mol. The van der Waals surface area contributed by atoms with Crippen LogP contribution in [-0.2, 0) is 0 Å². The van der Waals surface area contributed by atoms with Crippen molar-refractivity contribution in [2.24, 2.45) is 5.73 Å². The molecule has 0 spiro atoms. The molecule has 1 aliphatic heterocycles. The van der Waals surface area contributed by atoms with Gasteiger partial charge in [0.15, 0.2) is 0 Å². The Morgan fingerprint density at radius 1 is 1.33 bits per heavy atom. The van der Waals surface area contributed by atoms with Crippen LogP contribution in [0.4, 0.5) is 0 Å². The number of fused-ring (bicyclic) bond motifs is 1. The molecule has 2 nitrogen and oxygen atoms in total. The molecule has 1 aromatic carbocycles. The van der Waals surface area contributed by atoms with E-state index in [4.69, 9.17) is 10.5 Å². The summed E-state index contributed by atoms with van der Waals surface area (Å²) in [7, 11) is 0. The van der Waals surface area contributed by atoms with Gasteiger partial charge in [0.1, 0.15) is 12.4 Å². The molecule has 1 heterocycles. The lowest BCUT2D eigenvalue weighted by Gasteiger charge is -2.06. The maximum absolute atomic E-state index is 5.89. The predicted molar refractivity (Wildman–Crippen MR) is 48.3 cm³/mol. The van der Waals surface area contributed by atoms with Crippen LogP contribution in [0.15, 0.2) is 12.1 Å². The second-order valence-electron chi connectivity index (χ2n) is 3.36. The van der Waals surface area contributed by atoms with Gasteiger partial charge in [0.25, 0.3) is 0 Å². The second-order valence-corrected chi connectivity index (χ2v) is 3.36. The van der Waals surface area contributed by atoms with Gasteiger partial charge in [0.05, 0.1) is 6.04 Å². The summed E-state index contributed by atoms with van der Waals surface area (Å²) < 4.78 is 5.50. The van der Waals surface area contributed by atoms with E-state index in [1.54, 1.807) is 0 Å². The fraction of sp³-hybridized carbons (Fsp3) is 0.400. The molecule has 0 radical (unpaired) electrons. The number of hydrogen-bond acceptors (Lipinski definition) is 2. The fourth-order valence-electron chi connectivity index (χ4n) is 1.72. The number of nitrogens with two attached hydrogens (primary N) is 1. The van der Waals surface area contributed by atoms with Gasteiger partial charge in [0.2, 0.25) is 0 Å². The molecule has 0 saturated carbocycles. The van der Waals surface area contributed by atoms with E-state index in [0.29, 0.717) is 6.61 Å². The molecule has 1 atom stereocenters. The maximum Gasteiger partial charge on any atom is 0.127 e. The van der Waals surface area contributed by atoms with Gasteiger partial charge in [-0.25, -0.2) is 0 Å². The standard InChI is InChI=1S/C10H13NO/c1-6-3-4-7(2)10-9(6)8(11)5-12-10/h3-4,8H,5,11H2,1-2H3. The summed E-state index contributed by atoms with van der Waals surface area (Å²) in [5.74, 6) is 1.00. The van der Waals surface area contributed by atoms with Crippen LogP contribution in [0.5, 0.6) is 5.75 Å². The summed E-state index contributed by atoms with van der Waals surface area (Å²) in [6.07, 6.45) is 0. The molecule has 2 heteroatoms. The Kier molecular flexibility index (Phi) is 1.58. The van der Waals surface area contributed by atoms with E-state index in [-0.39, 0.29) is 6.04 Å². The molecule has 12 heavy (non-hydrogen) atoms. The van der Waals surface area contributed by atoms with Crippen molar-refractivity contribution in [3.63, 3.8) is 0 Å². The van der Waals surface area contributed by atoms with Gasteiger partial charge in [-0.15, -0.1) is 0 Å². The normalized spacial score (nSPS) is 20.4. The number of benzene rings is 1. The Morgan fingerprint density at radius 3 is 2.67 bits per heavy atom. The topological polar surface area (TPSA) is 35.2 Å². The van der Waals surface area contributed by atoms with E-state index in [2.05, 4.69) is 26.0 Å². The molecule has 0 saturated heterocycles. The quantitative estimate of drug-likeness (QED) is 0.631. The van der Waals surface area contributed by atoms with Crippen LogP contribution in [0.3, 0.4) is 0 Å². The van der Waals surface area contributed by atoms with Crippen molar-refractivity contribution in [2.45, 2.75) is 19.9 Å². The first-order valence-corrected chi connectivity index (χ1v) is 4.18. The van der Waals surface area contributed by atoms with Crippen LogP contribution < -0.4 is 10.5 Å². The molecule has 0 aromatic heterocycles. The Balaban J connectivity index is 2.64. The van der Waals surface area contributed by atoms with Gasteiger partial charge < -0.3 is 10.5 Å². The van der Waals surface area contributed by atoms with Crippen LogP contribution in [0.25, 0.3) is 0 Å². The first-order chi connectivity index (χ1) is 5.70. The summed E-state index contributed by atoms with van der Waals surface area (Å²) in [6, 6.07) is 4.24. The first kappa shape index (κ1) is 7.62. The van der Waals surface area contributed by atoms with Gasteiger partial charge in [0, 0.05) is 5.56 Å². The summed E-state index contributed by atoms with van der Waals surface area (Å²) in [5, 5.41) is 0. The molecule has 64 valence electrons. The summed E-state index contributed by atoms with van der Waals surface area (Å²) in [6.45, 7) is 4.75. The maximum atomic E-state index is 5.89. The average Bonchev–Trinajstić information content (AvgIpc) is 2.42. The molecule has 1 unspecified atom stereocenters. The van der Waals surface area contributed by atoms with Crippen LogP contribution >= 0.6 is 0 Å². The van der Waals surface area contributed by atoms with Crippen LogP contribution in [0.1, 0.15) is 22.7 Å². The van der Waals surface area contributed by atoms with E-state index >= 15 is 0 Å². The fourth-order valence-corrected chi connectivity index (χ4v) is 1.72. The van der Waals surface area contributed by atoms with Crippen molar-refractivity contribution < 1.29 is 4.74 Å². The highest BCUT2D eigenvalue weighted by molar-refractivity contribution is 5.49. The first-order valence-electron chi connectivity index (χ1n) is 4.18. The Hall–Kier alpha value is -1.02. The number of rotatable bonds is 0. The lowest BCUT2D eigenvalue weighted by molar-refractivity contribution is 0.331. The number of ether oxygens (including phenoxy) is 1. The molecule has 2 N–H and O–H groups in total. The van der Waals surface area contributed by atoms with Crippen LogP contribution in [0.2, 0.25) is 0 Å². The zero-order valence-corrected chi connectivity index (χ0v) is 7.42. The SMILES string of the molecule is Cc1ccc(C)c2c1OCC2N. The minimum absolute atomic E-state index is 0.0694. The van der Waals surface area contributed by atoms with E-state index < -0.39 is 0 Å². The predicted octanol–water partition coefficient (Wildman–Crippen LogP) is 1.70. The molecule has 0 fully saturated rings. The van der Waals surface area contributed by atoms with Crippen molar-refractivity contribution >= 4 is 0 Å². The van der Waals surface area contributed by atoms with Gasteiger partial charge >= 0.3 is 0 Å². The summed E-state index contributed by atoms with van der Waals surface area (Å²) in [5.41, 5.74) is 9.50. The van der Waals surface area contributed by atoms with Crippen molar-refractivity contribution in [1.29, 1.82) is 0 Å². The Morgan fingerprint density at radius 2 is 2.00 bits per heavy atom. The lowest BCUT2D eigenvalue weighted by Crippen LogP contribution is -2.11. The lowest BCUT2D eigenvalue weighted by atomic mass is 10.0. The minimum Gasteiger partial charge on any atom is -0.491 e. The smallest absolute Gasteiger partial charge is 0.127 e. The highest BCUT2D eigenvalue weighted by Gasteiger charge is 2.23. The Bertz CT molecular complexity index is 320. The van der Waals surface area contributed by atoms with Gasteiger partial charge in [-0.2, -0.15) is 0 Å². The second kappa shape index (κ2) is 2.49. The number of aryl methyl sites for hydroxylation is 2. The molecule has 1 aliphatic rings. The third-order valence-corrected chi connectivity index (χ3v) is 2.39. The third-order valence-electron chi connectivity index (χ3n) is 2.39. The summed E-state index contributed by atoms with van der Waals surface area (Å²) >= 11 is 0. The van der Waals surface area contributed by atoms with Crippen LogP contribution in [-0.4, -0.2) is 6.61 Å². The zero-order valence-electron chi connectivity index (χ0n) is 7.42. The van der Waals surface area contributed by atoms with Gasteiger partial charge in [-0.3, -0.25) is 0 Å². The van der Waals surface area contributed by atoms with E-state index in [1.807, 2.05) is 0 Å². The monoisotopic (exact) mass is 163 g/mol. The largest absolute Gasteiger partial charge is 0.491 e. The van der Waals surface area contributed by atoms with E-state index in [9.17, 15) is 0 Å². The molecule has 1 aromatic rings. The van der Waals surface area contributed by atoms with Crippen molar-refractivity contribution in [3.05, 3.63) is 28.8 Å². The highest BCUT2D eigenvalue weighted by Crippen LogP contribution is 2.36. The van der Waals surface area contributed by atoms with E-state index in [0.717, 1.165) is 5.75 Å². The minimum atomic E-state index is 0.0694. The van der Waals surface area contributed by atoms with Gasteiger partial charge in [-0.05, 0) is 25.0 Å². The summed E-state index contributed by atoms with van der Waals surface area (Å²) in [4.78, 5) is 0. The van der Waals surface area contributed by atoms with Gasteiger partial charge in [-0.1, -0.05) is 12.1 Å². The highest BCUT2D eigenvalue weighted by atomic mass is 16.5. The van der Waals surface area contributed by atoms with Crippen LogP contribution in [0, 0.1) is 13.8 Å². The van der Waals surface area contributed by atoms with Crippen molar-refractivity contribution in [1.82, 2.24) is 0 Å². The number of hydrogen-bond donors (Lipinski definition) is 1.